The highest BCUT2D eigenvalue weighted by Gasteiger charge is 2.32. The van der Waals surface area contributed by atoms with Gasteiger partial charge in [0.25, 0.3) is 5.54 Å². The summed E-state index contributed by atoms with van der Waals surface area (Å²) in [4.78, 5) is 37.1. The predicted molar refractivity (Wildman–Crippen MR) is 127 cm³/mol. The van der Waals surface area contributed by atoms with Gasteiger partial charge in [0.05, 0.1) is 16.5 Å². The van der Waals surface area contributed by atoms with Crippen molar-refractivity contribution in [3.05, 3.63) is 82.2 Å². The molecule has 2 rings (SSSR count). The number of hydrogen-bond acceptors (Lipinski definition) is 3. The van der Waals surface area contributed by atoms with Crippen molar-refractivity contribution < 1.29 is 24.6 Å². The normalized spacial score (nSPS) is 11.5. The molecule has 0 fully saturated rings. The van der Waals surface area contributed by atoms with Crippen LogP contribution in [0.1, 0.15) is 80.3 Å². The number of hydrogen-bond donors (Lipinski definition) is 3. The lowest BCUT2D eigenvalue weighted by molar-refractivity contribution is -0.127. The van der Waals surface area contributed by atoms with Crippen LogP contribution in [0.25, 0.3) is 4.85 Å². The molecule has 0 spiro atoms. The molecule has 0 unspecified atom stereocenters. The van der Waals surface area contributed by atoms with Gasteiger partial charge in [-0.3, -0.25) is 4.79 Å². The van der Waals surface area contributed by atoms with Gasteiger partial charge in [-0.2, -0.15) is 0 Å². The van der Waals surface area contributed by atoms with Crippen LogP contribution in [0.15, 0.2) is 48.5 Å². The summed E-state index contributed by atoms with van der Waals surface area (Å²) in [5.41, 5.74) is 0.499. The fourth-order valence-corrected chi connectivity index (χ4v) is 2.74. The quantitative estimate of drug-likeness (QED) is 0.546. The van der Waals surface area contributed by atoms with E-state index in [1.54, 1.807) is 38.1 Å². The molecule has 2 aromatic rings. The first-order chi connectivity index (χ1) is 15.0. The van der Waals surface area contributed by atoms with Gasteiger partial charge in [-0.25, -0.2) is 16.2 Å². The summed E-state index contributed by atoms with van der Waals surface area (Å²) in [5, 5.41) is 20.5. The number of nitrogens with zero attached hydrogens (tertiary/aromatic N) is 1. The summed E-state index contributed by atoms with van der Waals surface area (Å²) >= 11 is 0. The zero-order valence-corrected chi connectivity index (χ0v) is 20.2. The van der Waals surface area contributed by atoms with Crippen molar-refractivity contribution in [2.45, 2.75) is 65.0 Å². The summed E-state index contributed by atoms with van der Waals surface area (Å²) in [5.74, 6) is -2.00. The van der Waals surface area contributed by atoms with E-state index in [-0.39, 0.29) is 22.6 Å². The van der Waals surface area contributed by atoms with Crippen molar-refractivity contribution in [1.29, 1.82) is 0 Å². The maximum absolute atomic E-state index is 12.3. The average Bonchev–Trinajstić information content (AvgIpc) is 2.73. The molecule has 176 valence electrons. The SMILES string of the molecule is CC(C)(C)NC(=O)C(C)(C)c1ccc(C(=O)O)cc1.[C-]#[N+]C(C)(C)c1ccc(C(=O)O)cc1. The topological polar surface area (TPSA) is 108 Å². The van der Waals surface area contributed by atoms with E-state index in [4.69, 9.17) is 16.8 Å². The number of aromatic carboxylic acids is 2. The van der Waals surface area contributed by atoms with Crippen molar-refractivity contribution in [2.75, 3.05) is 0 Å². The Kier molecular flexibility index (Phi) is 8.55. The highest BCUT2D eigenvalue weighted by atomic mass is 16.4. The van der Waals surface area contributed by atoms with Crippen LogP contribution in [-0.2, 0) is 15.7 Å². The molecule has 0 aliphatic heterocycles. The maximum atomic E-state index is 12.3. The monoisotopic (exact) mass is 452 g/mol. The second kappa shape index (κ2) is 10.3. The van der Waals surface area contributed by atoms with Gasteiger partial charge in [0.1, 0.15) is 0 Å². The van der Waals surface area contributed by atoms with Crippen LogP contribution >= 0.6 is 0 Å². The van der Waals surface area contributed by atoms with Crippen molar-refractivity contribution in [2.24, 2.45) is 0 Å². The molecule has 1 amide bonds. The molecule has 0 saturated carbocycles. The minimum atomic E-state index is -0.969. The molecular weight excluding hydrogens is 420 g/mol. The predicted octanol–water partition coefficient (Wildman–Crippen LogP) is 5.12. The van der Waals surface area contributed by atoms with E-state index in [0.717, 1.165) is 11.1 Å². The van der Waals surface area contributed by atoms with Gasteiger partial charge in [0.2, 0.25) is 5.91 Å². The fraction of sp³-hybridized carbons (Fsp3) is 0.385. The summed E-state index contributed by atoms with van der Waals surface area (Å²) in [6.07, 6.45) is 0. The number of carboxylic acids is 2. The van der Waals surface area contributed by atoms with Crippen molar-refractivity contribution in [3.63, 3.8) is 0 Å². The van der Waals surface area contributed by atoms with Gasteiger partial charge in [-0.15, -0.1) is 0 Å². The first kappa shape index (κ1) is 27.4. The third-order valence-electron chi connectivity index (χ3n) is 5.03. The summed E-state index contributed by atoms with van der Waals surface area (Å²) in [6, 6.07) is 12.8. The lowest BCUT2D eigenvalue weighted by Gasteiger charge is -2.30. The van der Waals surface area contributed by atoms with E-state index in [0.29, 0.717) is 0 Å². The van der Waals surface area contributed by atoms with Crippen LogP contribution in [0.2, 0.25) is 0 Å². The van der Waals surface area contributed by atoms with Crippen LogP contribution in [0.5, 0.6) is 0 Å². The number of nitrogens with one attached hydrogen (secondary N) is 1. The first-order valence-corrected chi connectivity index (χ1v) is 10.4. The van der Waals surface area contributed by atoms with E-state index >= 15 is 0 Å². The summed E-state index contributed by atoms with van der Waals surface area (Å²) in [6.45, 7) is 20.0. The zero-order valence-electron chi connectivity index (χ0n) is 20.2. The van der Waals surface area contributed by atoms with Crippen molar-refractivity contribution in [1.82, 2.24) is 5.32 Å². The number of benzene rings is 2. The molecule has 0 aromatic heterocycles. The van der Waals surface area contributed by atoms with Crippen LogP contribution in [0.4, 0.5) is 0 Å². The Bertz CT molecular complexity index is 1040. The smallest absolute Gasteiger partial charge is 0.335 e. The van der Waals surface area contributed by atoms with Gasteiger partial charge in [0, 0.05) is 24.9 Å². The molecule has 0 aliphatic carbocycles. The molecule has 2 aromatic carbocycles. The Morgan fingerprint density at radius 1 is 0.727 bits per heavy atom. The van der Waals surface area contributed by atoms with Crippen LogP contribution in [-0.4, -0.2) is 33.6 Å². The van der Waals surface area contributed by atoms with Gasteiger partial charge in [-0.05, 0) is 64.4 Å². The summed E-state index contributed by atoms with van der Waals surface area (Å²) < 4.78 is 0. The molecule has 3 N–H and O–H groups in total. The van der Waals surface area contributed by atoms with Crippen LogP contribution in [0, 0.1) is 6.57 Å². The molecule has 0 bridgehead atoms. The first-order valence-electron chi connectivity index (χ1n) is 10.4. The molecule has 0 heterocycles. The molecule has 33 heavy (non-hydrogen) atoms. The minimum Gasteiger partial charge on any atom is -0.478 e. The van der Waals surface area contributed by atoms with Gasteiger partial charge in [-0.1, -0.05) is 24.3 Å². The molecule has 0 radical (unpaired) electrons. The molecule has 0 atom stereocenters. The second-order valence-electron chi connectivity index (χ2n) is 9.76. The van der Waals surface area contributed by atoms with Crippen LogP contribution in [0.3, 0.4) is 0 Å². The fourth-order valence-electron chi connectivity index (χ4n) is 2.74. The number of carboxylic acid groups (broad SMARTS) is 2. The number of carbonyl (C=O) groups excluding carboxylic acids is 1. The Morgan fingerprint density at radius 2 is 1.09 bits per heavy atom. The Hall–Kier alpha value is -3.66. The Morgan fingerprint density at radius 3 is 1.39 bits per heavy atom. The van der Waals surface area contributed by atoms with Crippen molar-refractivity contribution >= 4 is 17.8 Å². The Balaban J connectivity index is 0.000000346. The van der Waals surface area contributed by atoms with Crippen LogP contribution < -0.4 is 5.32 Å². The third kappa shape index (κ3) is 7.76. The average molecular weight is 453 g/mol. The van der Waals surface area contributed by atoms with Gasteiger partial charge in [0.15, 0.2) is 0 Å². The van der Waals surface area contributed by atoms with E-state index in [2.05, 4.69) is 10.2 Å². The number of amides is 1. The number of carbonyl (C=O) groups is 3. The Labute approximate surface area is 195 Å². The van der Waals surface area contributed by atoms with E-state index in [1.165, 1.54) is 24.3 Å². The highest BCUT2D eigenvalue weighted by molar-refractivity contribution is 5.90. The highest BCUT2D eigenvalue weighted by Crippen LogP contribution is 2.25. The minimum absolute atomic E-state index is 0.0805. The standard InChI is InChI=1S/C15H21NO3.C11H11NO2/c1-14(2,3)16-13(19)15(4,5)11-8-6-10(7-9-11)12(17)18;1-11(2,12-3)9-6-4-8(5-7-9)10(13)14/h6-9H,1-5H3,(H,16,19)(H,17,18);4-7H,1-2H3,(H,13,14). The zero-order chi connectivity index (χ0) is 25.6. The lowest BCUT2D eigenvalue weighted by Crippen LogP contribution is -2.48. The third-order valence-corrected chi connectivity index (χ3v) is 5.03. The molecule has 7 nitrogen and oxygen atoms in total. The van der Waals surface area contributed by atoms with E-state index < -0.39 is 22.9 Å². The lowest BCUT2D eigenvalue weighted by atomic mass is 9.82. The second-order valence-corrected chi connectivity index (χ2v) is 9.76. The molecule has 7 heteroatoms. The summed E-state index contributed by atoms with van der Waals surface area (Å²) in [7, 11) is 0. The van der Waals surface area contributed by atoms with E-state index in [9.17, 15) is 14.4 Å². The van der Waals surface area contributed by atoms with Crippen molar-refractivity contribution in [3.8, 4) is 0 Å². The molecular formula is C26H32N2O5. The van der Waals surface area contributed by atoms with E-state index in [1.807, 2.05) is 34.6 Å². The van der Waals surface area contributed by atoms with Gasteiger partial charge < -0.3 is 20.4 Å². The largest absolute Gasteiger partial charge is 0.478 e. The molecule has 0 saturated heterocycles. The number of rotatable bonds is 5. The van der Waals surface area contributed by atoms with Gasteiger partial charge >= 0.3 is 11.9 Å². The maximum Gasteiger partial charge on any atom is 0.335 e. The molecule has 0 aliphatic rings.